The van der Waals surface area contributed by atoms with E-state index >= 15 is 0 Å². The van der Waals surface area contributed by atoms with Crippen molar-refractivity contribution in [3.63, 3.8) is 0 Å². The molecule has 1 N–H and O–H groups in total. The molecule has 0 bridgehead atoms. The van der Waals surface area contributed by atoms with E-state index in [9.17, 15) is 17.6 Å². The van der Waals surface area contributed by atoms with Crippen LogP contribution in [0.5, 0.6) is 5.88 Å². The summed E-state index contributed by atoms with van der Waals surface area (Å²) in [6, 6.07) is 4.07. The highest BCUT2D eigenvalue weighted by molar-refractivity contribution is 5.89. The summed E-state index contributed by atoms with van der Waals surface area (Å²) in [5.74, 6) is -0.141. The zero-order valence-corrected chi connectivity index (χ0v) is 15.4. The van der Waals surface area contributed by atoms with Gasteiger partial charge in [-0.05, 0) is 26.8 Å². The maximum Gasteiger partial charge on any atom is 0.419 e. The molecule has 28 heavy (non-hydrogen) atoms. The van der Waals surface area contributed by atoms with Crippen LogP contribution in [0.1, 0.15) is 36.8 Å². The van der Waals surface area contributed by atoms with Crippen LogP contribution in [0.25, 0.3) is 10.9 Å². The molecule has 0 aliphatic heterocycles. The molecule has 148 valence electrons. The second kappa shape index (κ2) is 7.57. The first-order valence-electron chi connectivity index (χ1n) is 8.60. The minimum atomic E-state index is -4.77. The number of nitrogens with zero attached hydrogens (tertiary/aromatic N) is 3. The van der Waals surface area contributed by atoms with Gasteiger partial charge in [0.15, 0.2) is 0 Å². The number of hydrogen-bond acceptors (Lipinski definition) is 5. The fourth-order valence-electron chi connectivity index (χ4n) is 2.85. The monoisotopic (exact) mass is 394 g/mol. The number of benzene rings is 1. The van der Waals surface area contributed by atoms with Gasteiger partial charge >= 0.3 is 6.18 Å². The number of anilines is 1. The molecule has 0 aliphatic carbocycles. The van der Waals surface area contributed by atoms with Crippen molar-refractivity contribution in [3.05, 3.63) is 53.2 Å². The van der Waals surface area contributed by atoms with Crippen molar-refractivity contribution in [3.8, 4) is 5.88 Å². The number of ether oxygens (including phenoxy) is 1. The topological polar surface area (TPSA) is 59.9 Å². The summed E-state index contributed by atoms with van der Waals surface area (Å²) in [6.07, 6.45) is -3.24. The van der Waals surface area contributed by atoms with E-state index in [1.54, 1.807) is 19.9 Å². The van der Waals surface area contributed by atoms with E-state index in [1.807, 2.05) is 6.92 Å². The summed E-state index contributed by atoms with van der Waals surface area (Å²) >= 11 is 0. The summed E-state index contributed by atoms with van der Waals surface area (Å²) in [4.78, 5) is 12.8. The third-order valence-corrected chi connectivity index (χ3v) is 4.11. The van der Waals surface area contributed by atoms with Crippen molar-refractivity contribution in [2.24, 2.45) is 0 Å². The van der Waals surface area contributed by atoms with E-state index in [1.165, 1.54) is 18.3 Å². The Kier molecular flexibility index (Phi) is 5.35. The molecule has 3 aromatic rings. The Morgan fingerprint density at radius 1 is 1.21 bits per heavy atom. The van der Waals surface area contributed by atoms with Gasteiger partial charge in [0, 0.05) is 17.0 Å². The van der Waals surface area contributed by atoms with Crippen LogP contribution in [0.3, 0.4) is 0 Å². The molecule has 2 heterocycles. The van der Waals surface area contributed by atoms with Gasteiger partial charge in [-0.1, -0.05) is 12.1 Å². The fourth-order valence-corrected chi connectivity index (χ4v) is 2.85. The van der Waals surface area contributed by atoms with Crippen LogP contribution in [0.15, 0.2) is 30.5 Å². The van der Waals surface area contributed by atoms with Crippen LogP contribution in [0.2, 0.25) is 0 Å². The van der Waals surface area contributed by atoms with Crippen LogP contribution in [0.4, 0.5) is 23.4 Å². The Morgan fingerprint density at radius 3 is 2.64 bits per heavy atom. The van der Waals surface area contributed by atoms with Crippen LogP contribution >= 0.6 is 0 Å². The van der Waals surface area contributed by atoms with Crippen LogP contribution in [-0.4, -0.2) is 21.6 Å². The standard InChI is InChI=1S/C19H18F4N4O/c1-4-28-16-8-13-15(9-24-16)26-11(3)27-18(13)25-10(2)12-6-5-7-14(17(12)20)19(21,22)23/h5-10H,4H2,1-3H3,(H,25,26,27)/t10-/m1/s1. The Morgan fingerprint density at radius 2 is 1.96 bits per heavy atom. The highest BCUT2D eigenvalue weighted by Gasteiger charge is 2.35. The van der Waals surface area contributed by atoms with Gasteiger partial charge < -0.3 is 10.1 Å². The molecule has 2 aromatic heterocycles. The maximum absolute atomic E-state index is 14.5. The molecule has 0 radical (unpaired) electrons. The Balaban J connectivity index is 2.02. The van der Waals surface area contributed by atoms with Crippen LogP contribution in [-0.2, 0) is 6.18 Å². The highest BCUT2D eigenvalue weighted by Crippen LogP contribution is 2.35. The smallest absolute Gasteiger partial charge is 0.419 e. The van der Waals surface area contributed by atoms with Gasteiger partial charge in [0.1, 0.15) is 17.5 Å². The van der Waals surface area contributed by atoms with E-state index in [0.717, 1.165) is 6.07 Å². The van der Waals surface area contributed by atoms with Gasteiger partial charge in [0.05, 0.1) is 29.9 Å². The first-order chi connectivity index (χ1) is 13.2. The molecule has 0 amide bonds. The average molecular weight is 394 g/mol. The summed E-state index contributed by atoms with van der Waals surface area (Å²) < 4.78 is 58.8. The molecule has 5 nitrogen and oxygen atoms in total. The molecule has 0 saturated heterocycles. The normalized spacial score (nSPS) is 12.8. The predicted octanol–water partition coefficient (Wildman–Crippen LogP) is 5.06. The Labute approximate surface area is 158 Å². The summed E-state index contributed by atoms with van der Waals surface area (Å²) in [5, 5.41) is 3.56. The van der Waals surface area contributed by atoms with Gasteiger partial charge in [0.25, 0.3) is 0 Å². The number of aromatic nitrogens is 3. The lowest BCUT2D eigenvalue weighted by Gasteiger charge is -2.19. The summed E-state index contributed by atoms with van der Waals surface area (Å²) in [7, 11) is 0. The Hall–Kier alpha value is -2.97. The molecule has 1 aromatic carbocycles. The molecular formula is C19H18F4N4O. The number of alkyl halides is 3. The largest absolute Gasteiger partial charge is 0.478 e. The fraction of sp³-hybridized carbons (Fsp3) is 0.316. The second-order valence-corrected chi connectivity index (χ2v) is 6.16. The van der Waals surface area contributed by atoms with Crippen molar-refractivity contribution in [1.29, 1.82) is 0 Å². The predicted molar refractivity (Wildman–Crippen MR) is 96.7 cm³/mol. The van der Waals surface area contributed by atoms with E-state index in [4.69, 9.17) is 4.74 Å². The van der Waals surface area contributed by atoms with Gasteiger partial charge in [-0.25, -0.2) is 19.3 Å². The second-order valence-electron chi connectivity index (χ2n) is 6.16. The lowest BCUT2D eigenvalue weighted by Crippen LogP contribution is -2.15. The molecule has 0 fully saturated rings. The quantitative estimate of drug-likeness (QED) is 0.613. The lowest BCUT2D eigenvalue weighted by atomic mass is 10.0. The number of fused-ring (bicyclic) bond motifs is 1. The number of hydrogen-bond donors (Lipinski definition) is 1. The van der Waals surface area contributed by atoms with Crippen LogP contribution in [0, 0.1) is 12.7 Å². The molecule has 0 spiro atoms. The maximum atomic E-state index is 14.5. The van der Waals surface area contributed by atoms with E-state index in [0.29, 0.717) is 35.0 Å². The van der Waals surface area contributed by atoms with E-state index in [-0.39, 0.29) is 5.56 Å². The van der Waals surface area contributed by atoms with Crippen molar-refractivity contribution < 1.29 is 22.3 Å². The van der Waals surface area contributed by atoms with Gasteiger partial charge in [0.2, 0.25) is 5.88 Å². The van der Waals surface area contributed by atoms with E-state index in [2.05, 4.69) is 20.3 Å². The molecule has 9 heteroatoms. The Bertz CT molecular complexity index is 1010. The SMILES string of the molecule is CCOc1cc2c(N[C@H](C)c3cccc(C(F)(F)F)c3F)nc(C)nc2cn1. The number of nitrogens with one attached hydrogen (secondary N) is 1. The van der Waals surface area contributed by atoms with Crippen molar-refractivity contribution in [2.45, 2.75) is 33.0 Å². The lowest BCUT2D eigenvalue weighted by molar-refractivity contribution is -0.140. The van der Waals surface area contributed by atoms with Crippen molar-refractivity contribution in [2.75, 3.05) is 11.9 Å². The summed E-state index contributed by atoms with van der Waals surface area (Å²) in [6.45, 7) is 5.47. The number of rotatable bonds is 5. The molecule has 0 unspecified atom stereocenters. The molecule has 3 rings (SSSR count). The van der Waals surface area contributed by atoms with Gasteiger partial charge in [-0.3, -0.25) is 0 Å². The minimum Gasteiger partial charge on any atom is -0.478 e. The molecule has 0 saturated carbocycles. The number of aryl methyl sites for hydroxylation is 1. The number of pyridine rings is 1. The minimum absolute atomic E-state index is 0.113. The van der Waals surface area contributed by atoms with Crippen molar-refractivity contribution in [1.82, 2.24) is 15.0 Å². The molecule has 0 aliphatic rings. The zero-order valence-electron chi connectivity index (χ0n) is 15.4. The molecule has 1 atom stereocenters. The number of halogens is 4. The zero-order chi connectivity index (χ0) is 20.5. The van der Waals surface area contributed by atoms with Gasteiger partial charge in [-0.2, -0.15) is 13.2 Å². The van der Waals surface area contributed by atoms with Crippen LogP contribution < -0.4 is 10.1 Å². The third-order valence-electron chi connectivity index (χ3n) is 4.11. The average Bonchev–Trinajstić information content (AvgIpc) is 2.61. The first-order valence-corrected chi connectivity index (χ1v) is 8.60. The van der Waals surface area contributed by atoms with E-state index < -0.39 is 23.6 Å². The third kappa shape index (κ3) is 3.97. The first kappa shape index (κ1) is 19.8. The molecular weight excluding hydrogens is 376 g/mol. The summed E-state index contributed by atoms with van der Waals surface area (Å²) in [5.41, 5.74) is -0.876. The van der Waals surface area contributed by atoms with Gasteiger partial charge in [-0.15, -0.1) is 0 Å². The highest BCUT2D eigenvalue weighted by atomic mass is 19.4. The van der Waals surface area contributed by atoms with Crippen molar-refractivity contribution >= 4 is 16.7 Å².